The molecule has 0 unspecified atom stereocenters. The Hall–Kier alpha value is -0.550. The lowest BCUT2D eigenvalue weighted by Gasteiger charge is -2.34. The lowest BCUT2D eigenvalue weighted by atomic mass is 9.70. The minimum absolute atomic E-state index is 0.441. The molecule has 0 spiro atoms. The lowest BCUT2D eigenvalue weighted by Crippen LogP contribution is -2.27. The summed E-state index contributed by atoms with van der Waals surface area (Å²) < 4.78 is 0. The first-order valence-electron chi connectivity index (χ1n) is 5.69. The molecule has 1 nitrogen and oxygen atoms in total. The van der Waals surface area contributed by atoms with E-state index in [0.717, 1.165) is 18.3 Å². The number of carbonyl (C=O) groups excluding carboxylic acids is 1. The minimum atomic E-state index is 0.441. The highest BCUT2D eigenvalue weighted by molar-refractivity contribution is 5.44. The van der Waals surface area contributed by atoms with Crippen LogP contribution < -0.4 is 0 Å². The average Bonchev–Trinajstić information content (AvgIpc) is 2.38. The van der Waals surface area contributed by atoms with Crippen molar-refractivity contribution in [1.82, 2.24) is 0 Å². The first kappa shape index (κ1) is 11.5. The highest BCUT2D eigenvalue weighted by atomic mass is 16.1. The van der Waals surface area contributed by atoms with Crippen molar-refractivity contribution in [3.8, 4) is 0 Å². The van der Waals surface area contributed by atoms with Gasteiger partial charge in [0.2, 0.25) is 0 Å². The van der Waals surface area contributed by atoms with Crippen molar-refractivity contribution in [2.45, 2.75) is 47.0 Å². The maximum absolute atomic E-state index is 10.2. The summed E-state index contributed by atoms with van der Waals surface area (Å²) in [5, 5.41) is 0. The molecular weight excluding hydrogens is 172 g/mol. The molecule has 1 aliphatic rings. The lowest BCUT2D eigenvalue weighted by molar-refractivity contribution is 0.147. The van der Waals surface area contributed by atoms with Gasteiger partial charge in [-0.3, -0.25) is 0 Å². The van der Waals surface area contributed by atoms with Gasteiger partial charge in [-0.25, -0.2) is 4.79 Å². The van der Waals surface area contributed by atoms with Crippen molar-refractivity contribution in [2.24, 2.45) is 23.2 Å². The monoisotopic (exact) mass is 194 g/mol. The smallest absolute Gasteiger partial charge is 0.120 e. The molecule has 1 rings (SSSR count). The van der Waals surface area contributed by atoms with E-state index in [1.165, 1.54) is 12.8 Å². The van der Waals surface area contributed by atoms with Crippen molar-refractivity contribution in [3.05, 3.63) is 6.08 Å². The van der Waals surface area contributed by atoms with E-state index < -0.39 is 0 Å². The Labute approximate surface area is 87.6 Å². The standard InChI is InChI=1S/C13H22O/c1-10(6-5-9-14)12-8-7-11(2)13(12,3)4/h5,10-12H,6-8H2,1-4H3/t10-,11-,12-/m1/s1. The Bertz CT molecular complexity index is 236. The molecule has 1 aliphatic carbocycles. The summed E-state index contributed by atoms with van der Waals surface area (Å²) in [5.41, 5.74) is 0.441. The molecular formula is C13H22O. The second kappa shape index (κ2) is 4.31. The van der Waals surface area contributed by atoms with E-state index in [2.05, 4.69) is 27.7 Å². The van der Waals surface area contributed by atoms with Crippen LogP contribution in [0.2, 0.25) is 0 Å². The molecule has 0 N–H and O–H groups in total. The van der Waals surface area contributed by atoms with Gasteiger partial charge in [-0.2, -0.15) is 0 Å². The third kappa shape index (κ3) is 2.09. The van der Waals surface area contributed by atoms with Crippen LogP contribution in [0, 0.1) is 23.2 Å². The molecule has 1 saturated carbocycles. The summed E-state index contributed by atoms with van der Waals surface area (Å²) in [6, 6.07) is 0. The Morgan fingerprint density at radius 1 is 1.50 bits per heavy atom. The topological polar surface area (TPSA) is 17.1 Å². The fraction of sp³-hybridized carbons (Fsp3) is 0.846. The van der Waals surface area contributed by atoms with Crippen LogP contribution in [0.4, 0.5) is 0 Å². The second-order valence-corrected chi connectivity index (χ2v) is 5.44. The highest BCUT2D eigenvalue weighted by Gasteiger charge is 2.42. The molecule has 0 aromatic carbocycles. The quantitative estimate of drug-likeness (QED) is 0.629. The zero-order valence-electron chi connectivity index (χ0n) is 9.84. The fourth-order valence-corrected chi connectivity index (χ4v) is 2.96. The van der Waals surface area contributed by atoms with E-state index in [4.69, 9.17) is 0 Å². The zero-order valence-corrected chi connectivity index (χ0v) is 9.84. The summed E-state index contributed by atoms with van der Waals surface area (Å²) in [5.74, 6) is 4.09. The normalized spacial score (nSPS) is 32.3. The molecule has 0 radical (unpaired) electrons. The first-order chi connectivity index (χ1) is 6.50. The van der Waals surface area contributed by atoms with Gasteiger partial charge in [0.05, 0.1) is 0 Å². The Balaban J connectivity index is 2.64. The van der Waals surface area contributed by atoms with Gasteiger partial charge in [-0.15, -0.1) is 0 Å². The van der Waals surface area contributed by atoms with Crippen molar-refractivity contribution >= 4 is 5.94 Å². The first-order valence-corrected chi connectivity index (χ1v) is 5.69. The highest BCUT2D eigenvalue weighted by Crippen LogP contribution is 2.50. The molecule has 0 aromatic heterocycles. The van der Waals surface area contributed by atoms with Crippen molar-refractivity contribution in [2.75, 3.05) is 0 Å². The Morgan fingerprint density at radius 3 is 2.57 bits per heavy atom. The summed E-state index contributed by atoms with van der Waals surface area (Å²) in [4.78, 5) is 10.2. The second-order valence-electron chi connectivity index (χ2n) is 5.44. The number of hydrogen-bond donors (Lipinski definition) is 0. The van der Waals surface area contributed by atoms with Crippen LogP contribution in [0.25, 0.3) is 0 Å². The Morgan fingerprint density at radius 2 is 2.14 bits per heavy atom. The molecule has 0 heterocycles. The van der Waals surface area contributed by atoms with Crippen molar-refractivity contribution in [3.63, 3.8) is 0 Å². The van der Waals surface area contributed by atoms with Gasteiger partial charge in [-0.1, -0.05) is 27.7 Å². The van der Waals surface area contributed by atoms with Crippen LogP contribution in [-0.2, 0) is 4.79 Å². The molecule has 0 saturated heterocycles. The predicted octanol–water partition coefficient (Wildman–Crippen LogP) is 3.47. The molecule has 14 heavy (non-hydrogen) atoms. The third-order valence-corrected chi connectivity index (χ3v) is 4.40. The van der Waals surface area contributed by atoms with Gasteiger partial charge in [0, 0.05) is 6.08 Å². The largest absolute Gasteiger partial charge is 0.234 e. The molecule has 0 aliphatic heterocycles. The maximum Gasteiger partial charge on any atom is 0.120 e. The minimum Gasteiger partial charge on any atom is -0.234 e. The van der Waals surface area contributed by atoms with Gasteiger partial charge in [0.1, 0.15) is 5.94 Å². The van der Waals surface area contributed by atoms with Crippen LogP contribution in [0.15, 0.2) is 6.08 Å². The number of rotatable bonds is 3. The van der Waals surface area contributed by atoms with Crippen molar-refractivity contribution < 1.29 is 4.79 Å². The van der Waals surface area contributed by atoms with E-state index in [9.17, 15) is 4.79 Å². The fourth-order valence-electron chi connectivity index (χ4n) is 2.96. The predicted molar refractivity (Wildman–Crippen MR) is 59.7 cm³/mol. The van der Waals surface area contributed by atoms with Crippen LogP contribution >= 0.6 is 0 Å². The molecule has 3 atom stereocenters. The number of allylic oxidation sites excluding steroid dienone is 1. The van der Waals surface area contributed by atoms with Gasteiger partial charge in [-0.05, 0) is 42.4 Å². The molecule has 0 amide bonds. The van der Waals surface area contributed by atoms with Gasteiger partial charge < -0.3 is 0 Å². The van der Waals surface area contributed by atoms with E-state index in [-0.39, 0.29) is 0 Å². The summed E-state index contributed by atoms with van der Waals surface area (Å²) in [6.07, 6.45) is 5.20. The van der Waals surface area contributed by atoms with Crippen LogP contribution in [0.3, 0.4) is 0 Å². The average molecular weight is 194 g/mol. The van der Waals surface area contributed by atoms with E-state index in [0.29, 0.717) is 11.3 Å². The van der Waals surface area contributed by atoms with Gasteiger partial charge >= 0.3 is 0 Å². The van der Waals surface area contributed by atoms with E-state index in [1.54, 1.807) is 6.08 Å². The van der Waals surface area contributed by atoms with E-state index in [1.807, 2.05) is 5.94 Å². The maximum atomic E-state index is 10.2. The molecule has 80 valence electrons. The third-order valence-electron chi connectivity index (χ3n) is 4.40. The van der Waals surface area contributed by atoms with Crippen molar-refractivity contribution in [1.29, 1.82) is 0 Å². The zero-order chi connectivity index (χ0) is 10.8. The molecule has 1 fully saturated rings. The number of hydrogen-bond acceptors (Lipinski definition) is 1. The Kier molecular flexibility index (Phi) is 3.55. The van der Waals surface area contributed by atoms with Gasteiger partial charge in [0.15, 0.2) is 0 Å². The summed E-state index contributed by atoms with van der Waals surface area (Å²) in [7, 11) is 0. The van der Waals surface area contributed by atoms with Crippen LogP contribution in [0.1, 0.15) is 47.0 Å². The van der Waals surface area contributed by atoms with Crippen LogP contribution in [-0.4, -0.2) is 5.94 Å². The van der Waals surface area contributed by atoms with E-state index >= 15 is 0 Å². The van der Waals surface area contributed by atoms with Gasteiger partial charge in [0.25, 0.3) is 0 Å². The SMILES string of the molecule is C[C@H](CC=C=O)[C@H]1CC[C@@H](C)C1(C)C. The molecule has 1 heteroatoms. The molecule has 0 bridgehead atoms. The molecule has 0 aromatic rings. The van der Waals surface area contributed by atoms with Crippen LogP contribution in [0.5, 0.6) is 0 Å². The summed E-state index contributed by atoms with van der Waals surface area (Å²) >= 11 is 0. The summed E-state index contributed by atoms with van der Waals surface area (Å²) in [6.45, 7) is 9.35.